The molecule has 3 heterocycles. The summed E-state index contributed by atoms with van der Waals surface area (Å²) < 4.78 is 0. The molecule has 6 rings (SSSR count). The normalized spacial score (nSPS) is 29.5. The number of hydrogen-bond acceptors (Lipinski definition) is 2. The fourth-order valence-electron chi connectivity index (χ4n) is 5.04. The highest BCUT2D eigenvalue weighted by atomic mass is 15.3. The largest absolute Gasteiger partial charge is 0.354 e. The number of benzene rings is 2. The number of nitrogens with one attached hydrogen (secondary N) is 1. The fourth-order valence-corrected chi connectivity index (χ4v) is 5.04. The summed E-state index contributed by atoms with van der Waals surface area (Å²) in [6.45, 7) is 0.923. The second-order valence-corrected chi connectivity index (χ2v) is 7.65. The molecule has 1 N–H and O–H groups in total. The Morgan fingerprint density at radius 1 is 1.04 bits per heavy atom. The number of hydrogen-bond donors (Lipinski definition) is 1. The third kappa shape index (κ3) is 1.97. The SMILES string of the molecule is [c]1c(C2C3C=CC=CC3CC3CN=CN32)ccc2c1[nH]c1ccccc12. The molecule has 26 heavy (non-hydrogen) atoms. The fraction of sp³-hybridized carbons (Fsp3) is 0.261. The van der Waals surface area contributed by atoms with E-state index in [9.17, 15) is 0 Å². The summed E-state index contributed by atoms with van der Waals surface area (Å²) in [5, 5.41) is 2.52. The van der Waals surface area contributed by atoms with Crippen LogP contribution in [-0.4, -0.2) is 28.8 Å². The number of nitrogens with zero attached hydrogens (tertiary/aromatic N) is 2. The van der Waals surface area contributed by atoms with E-state index in [0.29, 0.717) is 23.9 Å². The van der Waals surface area contributed by atoms with E-state index in [4.69, 9.17) is 0 Å². The lowest BCUT2D eigenvalue weighted by Crippen LogP contribution is -2.46. The Morgan fingerprint density at radius 2 is 1.96 bits per heavy atom. The van der Waals surface area contributed by atoms with Crippen molar-refractivity contribution in [3.8, 4) is 0 Å². The standard InChI is InChI=1S/C23H20N3/c1-2-6-18-15(5-1)11-17-13-24-14-26(17)23(18)16-9-10-20-19-7-3-4-8-21(19)25-22(20)12-16/h1-10,14-15,17-18,23,25H,11,13H2. The highest BCUT2D eigenvalue weighted by molar-refractivity contribution is 6.07. The average molecular weight is 338 g/mol. The lowest BCUT2D eigenvalue weighted by atomic mass is 9.73. The quantitative estimate of drug-likeness (QED) is 0.689. The molecule has 1 radical (unpaired) electrons. The summed E-state index contributed by atoms with van der Waals surface area (Å²) in [5.74, 6) is 1.08. The number of aromatic nitrogens is 1. The summed E-state index contributed by atoms with van der Waals surface area (Å²) in [6.07, 6.45) is 12.4. The van der Waals surface area contributed by atoms with Crippen molar-refractivity contribution in [2.75, 3.05) is 6.54 Å². The number of aromatic amines is 1. The summed E-state index contributed by atoms with van der Waals surface area (Å²) in [6, 6.07) is 17.6. The minimum atomic E-state index is 0.307. The van der Waals surface area contributed by atoms with Crippen LogP contribution in [0.1, 0.15) is 18.0 Å². The van der Waals surface area contributed by atoms with Crippen LogP contribution in [-0.2, 0) is 0 Å². The Labute approximate surface area is 152 Å². The monoisotopic (exact) mass is 338 g/mol. The van der Waals surface area contributed by atoms with E-state index >= 15 is 0 Å². The zero-order valence-corrected chi connectivity index (χ0v) is 14.5. The van der Waals surface area contributed by atoms with Crippen LogP contribution < -0.4 is 0 Å². The predicted molar refractivity (Wildman–Crippen MR) is 106 cm³/mol. The van der Waals surface area contributed by atoms with Gasteiger partial charge in [0.25, 0.3) is 0 Å². The van der Waals surface area contributed by atoms with Crippen LogP contribution in [0.25, 0.3) is 21.8 Å². The molecule has 0 saturated carbocycles. The maximum atomic E-state index is 4.59. The van der Waals surface area contributed by atoms with Crippen molar-refractivity contribution in [1.82, 2.24) is 9.88 Å². The molecule has 2 aromatic carbocycles. The van der Waals surface area contributed by atoms with E-state index in [1.807, 2.05) is 0 Å². The average Bonchev–Trinajstić information content (AvgIpc) is 3.29. The molecule has 0 spiro atoms. The molecule has 1 fully saturated rings. The molecular formula is C23H20N3. The molecule has 4 unspecified atom stereocenters. The first-order chi connectivity index (χ1) is 12.9. The molecule has 3 heteroatoms. The summed E-state index contributed by atoms with van der Waals surface area (Å²) in [4.78, 5) is 10.6. The number of rotatable bonds is 1. The second kappa shape index (κ2) is 5.34. The number of para-hydroxylation sites is 1. The van der Waals surface area contributed by atoms with Gasteiger partial charge in [-0.05, 0) is 24.0 Å². The molecule has 0 bridgehead atoms. The third-order valence-electron chi connectivity index (χ3n) is 6.24. The number of piperidine rings is 1. The van der Waals surface area contributed by atoms with Crippen molar-refractivity contribution in [1.29, 1.82) is 0 Å². The number of fused-ring (bicyclic) bond motifs is 5. The number of H-pyrrole nitrogens is 1. The van der Waals surface area contributed by atoms with Crippen molar-refractivity contribution < 1.29 is 0 Å². The van der Waals surface area contributed by atoms with Crippen molar-refractivity contribution in [2.24, 2.45) is 16.8 Å². The molecule has 3 nitrogen and oxygen atoms in total. The van der Waals surface area contributed by atoms with Gasteiger partial charge in [-0.15, -0.1) is 0 Å². The summed E-state index contributed by atoms with van der Waals surface area (Å²) in [5.41, 5.74) is 3.55. The Bertz CT molecular complexity index is 1090. The first kappa shape index (κ1) is 14.4. The number of aliphatic imine (C=N–C) groups is 1. The molecule has 1 aliphatic carbocycles. The molecule has 1 aromatic heterocycles. The van der Waals surface area contributed by atoms with Crippen molar-refractivity contribution in [2.45, 2.75) is 18.5 Å². The van der Waals surface area contributed by atoms with Crippen LogP contribution in [0.2, 0.25) is 0 Å². The van der Waals surface area contributed by atoms with E-state index in [1.165, 1.54) is 28.3 Å². The minimum Gasteiger partial charge on any atom is -0.354 e. The van der Waals surface area contributed by atoms with Gasteiger partial charge < -0.3 is 9.88 Å². The van der Waals surface area contributed by atoms with Crippen LogP contribution in [0.4, 0.5) is 0 Å². The Balaban J connectivity index is 1.51. The number of allylic oxidation sites excluding steroid dienone is 3. The molecule has 1 saturated heterocycles. The van der Waals surface area contributed by atoms with Gasteiger partial charge in [0.1, 0.15) is 0 Å². The van der Waals surface area contributed by atoms with Crippen LogP contribution in [0.5, 0.6) is 0 Å². The molecule has 3 aliphatic rings. The van der Waals surface area contributed by atoms with Crippen LogP contribution in [0.15, 0.2) is 65.7 Å². The smallest absolute Gasteiger partial charge is 0.0859 e. The van der Waals surface area contributed by atoms with Gasteiger partial charge in [-0.25, -0.2) is 0 Å². The zero-order valence-electron chi connectivity index (χ0n) is 14.5. The van der Waals surface area contributed by atoms with E-state index in [-0.39, 0.29) is 0 Å². The van der Waals surface area contributed by atoms with Crippen molar-refractivity contribution >= 4 is 28.1 Å². The molecule has 4 atom stereocenters. The van der Waals surface area contributed by atoms with Gasteiger partial charge in [-0.3, -0.25) is 4.99 Å². The third-order valence-corrected chi connectivity index (χ3v) is 6.24. The van der Waals surface area contributed by atoms with Crippen LogP contribution >= 0.6 is 0 Å². The molecule has 3 aromatic rings. The Morgan fingerprint density at radius 3 is 2.96 bits per heavy atom. The lowest BCUT2D eigenvalue weighted by Gasteiger charge is -2.46. The van der Waals surface area contributed by atoms with Crippen molar-refractivity contribution in [3.05, 3.63) is 72.3 Å². The first-order valence-electron chi connectivity index (χ1n) is 9.43. The molecule has 0 amide bonds. The van der Waals surface area contributed by atoms with Gasteiger partial charge in [0.15, 0.2) is 0 Å². The van der Waals surface area contributed by atoms with Crippen LogP contribution in [0.3, 0.4) is 0 Å². The maximum absolute atomic E-state index is 4.59. The van der Waals surface area contributed by atoms with Gasteiger partial charge >= 0.3 is 0 Å². The molecule has 2 aliphatic heterocycles. The highest BCUT2D eigenvalue weighted by Gasteiger charge is 2.42. The van der Waals surface area contributed by atoms with E-state index in [2.05, 4.69) is 88.0 Å². The second-order valence-electron chi connectivity index (χ2n) is 7.65. The lowest BCUT2D eigenvalue weighted by molar-refractivity contribution is 0.117. The topological polar surface area (TPSA) is 31.4 Å². The Kier molecular flexibility index (Phi) is 2.95. The maximum Gasteiger partial charge on any atom is 0.0859 e. The van der Waals surface area contributed by atoms with Gasteiger partial charge in [-0.1, -0.05) is 54.6 Å². The van der Waals surface area contributed by atoms with Crippen molar-refractivity contribution in [3.63, 3.8) is 0 Å². The summed E-state index contributed by atoms with van der Waals surface area (Å²) >= 11 is 0. The highest BCUT2D eigenvalue weighted by Crippen LogP contribution is 2.45. The van der Waals surface area contributed by atoms with E-state index in [1.54, 1.807) is 0 Å². The predicted octanol–water partition coefficient (Wildman–Crippen LogP) is 4.64. The van der Waals surface area contributed by atoms with Gasteiger partial charge in [-0.2, -0.15) is 0 Å². The van der Waals surface area contributed by atoms with Gasteiger partial charge in [0.2, 0.25) is 0 Å². The summed E-state index contributed by atoms with van der Waals surface area (Å²) in [7, 11) is 0. The van der Waals surface area contributed by atoms with Crippen LogP contribution in [0, 0.1) is 17.9 Å². The molecule has 127 valence electrons. The molecular weight excluding hydrogens is 318 g/mol. The van der Waals surface area contributed by atoms with Gasteiger partial charge in [0.05, 0.1) is 30.5 Å². The van der Waals surface area contributed by atoms with E-state index in [0.717, 1.165) is 12.1 Å². The first-order valence-corrected chi connectivity index (χ1v) is 9.43. The van der Waals surface area contributed by atoms with E-state index < -0.39 is 0 Å². The Hall–Kier alpha value is -2.81. The zero-order chi connectivity index (χ0) is 17.1. The minimum absolute atomic E-state index is 0.307. The van der Waals surface area contributed by atoms with Gasteiger partial charge in [0, 0.05) is 28.3 Å².